The van der Waals surface area contributed by atoms with Gasteiger partial charge in [0.25, 0.3) is 0 Å². The van der Waals surface area contributed by atoms with Gasteiger partial charge in [-0.25, -0.2) is 23.2 Å². The minimum absolute atomic E-state index is 0.000517. The highest BCUT2D eigenvalue weighted by Crippen LogP contribution is 2.40. The van der Waals surface area contributed by atoms with Crippen molar-refractivity contribution in [3.63, 3.8) is 0 Å². The van der Waals surface area contributed by atoms with Crippen LogP contribution < -0.4 is 15.1 Å². The highest BCUT2D eigenvalue weighted by atomic mass is 32.2. The molecule has 3 aromatic heterocycles. The van der Waals surface area contributed by atoms with Crippen LogP contribution in [-0.4, -0.2) is 54.8 Å². The van der Waals surface area contributed by atoms with Gasteiger partial charge in [-0.3, -0.25) is 15.2 Å². The molecule has 0 radical (unpaired) electrons. The van der Waals surface area contributed by atoms with Gasteiger partial charge in [-0.1, -0.05) is 6.07 Å². The Balaban J connectivity index is 1.55. The first-order valence-electron chi connectivity index (χ1n) is 9.83. The number of nitrogens with one attached hydrogen (secondary N) is 1. The lowest BCUT2D eigenvalue weighted by Crippen LogP contribution is -2.48. The highest BCUT2D eigenvalue weighted by Gasteiger charge is 2.40. The topological polar surface area (TPSA) is 108 Å². The first-order valence-corrected chi connectivity index (χ1v) is 11.7. The van der Waals surface area contributed by atoms with Crippen LogP contribution in [0.4, 0.5) is 22.1 Å². The molecule has 0 aromatic carbocycles. The largest absolute Gasteiger partial charge is 0.366 e. The Hall–Kier alpha value is -3.53. The number of urea groups is 1. The van der Waals surface area contributed by atoms with Crippen LogP contribution in [-0.2, 0) is 9.84 Å². The maximum Gasteiger partial charge on any atom is 0.329 e. The Bertz CT molecular complexity index is 1270. The molecule has 1 atom stereocenters. The molecule has 5 heterocycles. The number of hydrogen-bond acceptors (Lipinski definition) is 7. The highest BCUT2D eigenvalue weighted by molar-refractivity contribution is 7.90. The molecule has 10 heteroatoms. The summed E-state index contributed by atoms with van der Waals surface area (Å²) in [7, 11) is -3.40. The summed E-state index contributed by atoms with van der Waals surface area (Å²) in [6, 6.07) is 10.3. The van der Waals surface area contributed by atoms with Crippen LogP contribution in [0.2, 0.25) is 0 Å². The predicted octanol–water partition coefficient (Wildman–Crippen LogP) is 2.57. The predicted molar refractivity (Wildman–Crippen MR) is 117 cm³/mol. The molecule has 1 saturated heterocycles. The van der Waals surface area contributed by atoms with Gasteiger partial charge in [0.1, 0.15) is 5.82 Å². The number of carbonyl (C=O) groups excluding carboxylic acids is 1. The second kappa shape index (κ2) is 7.31. The molecule has 2 amide bonds. The van der Waals surface area contributed by atoms with E-state index in [0.717, 1.165) is 31.5 Å². The van der Waals surface area contributed by atoms with E-state index in [9.17, 15) is 13.2 Å². The summed E-state index contributed by atoms with van der Waals surface area (Å²) in [5, 5.41) is 2.85. The van der Waals surface area contributed by atoms with Crippen molar-refractivity contribution < 1.29 is 13.2 Å². The van der Waals surface area contributed by atoms with Gasteiger partial charge in [0.2, 0.25) is 0 Å². The second-order valence-corrected chi connectivity index (χ2v) is 9.64. The smallest absolute Gasteiger partial charge is 0.329 e. The minimum atomic E-state index is -3.40. The molecule has 0 spiro atoms. The zero-order valence-electron chi connectivity index (χ0n) is 16.8. The van der Waals surface area contributed by atoms with E-state index in [-0.39, 0.29) is 17.0 Å². The van der Waals surface area contributed by atoms with Crippen LogP contribution >= 0.6 is 0 Å². The van der Waals surface area contributed by atoms with Crippen LogP contribution in [0.25, 0.3) is 11.3 Å². The van der Waals surface area contributed by atoms with Gasteiger partial charge in [0.05, 0.1) is 22.3 Å². The zero-order chi connectivity index (χ0) is 21.6. The van der Waals surface area contributed by atoms with E-state index in [2.05, 4.69) is 20.2 Å². The second-order valence-electron chi connectivity index (χ2n) is 7.62. The molecule has 2 aliphatic heterocycles. The number of carbonyl (C=O) groups is 1. The van der Waals surface area contributed by atoms with Crippen molar-refractivity contribution in [2.24, 2.45) is 0 Å². The van der Waals surface area contributed by atoms with Crippen molar-refractivity contribution in [2.75, 3.05) is 34.5 Å². The Morgan fingerprint density at radius 3 is 2.84 bits per heavy atom. The lowest BCUT2D eigenvalue weighted by Gasteiger charge is -2.35. The van der Waals surface area contributed by atoms with Gasteiger partial charge in [-0.05, 0) is 36.8 Å². The van der Waals surface area contributed by atoms with Crippen LogP contribution in [0.1, 0.15) is 6.42 Å². The molecule has 2 aliphatic rings. The summed E-state index contributed by atoms with van der Waals surface area (Å²) >= 11 is 0. The maximum atomic E-state index is 13.2. The third kappa shape index (κ3) is 3.59. The monoisotopic (exact) mass is 436 g/mol. The molecule has 158 valence electrons. The van der Waals surface area contributed by atoms with E-state index >= 15 is 0 Å². The van der Waals surface area contributed by atoms with Crippen LogP contribution in [0.5, 0.6) is 0 Å². The fourth-order valence-corrected chi connectivity index (χ4v) is 4.59. The first kappa shape index (κ1) is 19.4. The van der Waals surface area contributed by atoms with Gasteiger partial charge in [0.15, 0.2) is 15.7 Å². The van der Waals surface area contributed by atoms with Crippen molar-refractivity contribution in [3.05, 3.63) is 55.0 Å². The lowest BCUT2D eigenvalue weighted by molar-refractivity contribution is 0.254. The third-order valence-electron chi connectivity index (χ3n) is 5.51. The number of aromatic nitrogens is 3. The number of amides is 2. The average molecular weight is 436 g/mol. The number of fused-ring (bicyclic) bond motifs is 4. The van der Waals surface area contributed by atoms with E-state index in [4.69, 9.17) is 4.98 Å². The van der Waals surface area contributed by atoms with Crippen molar-refractivity contribution in [2.45, 2.75) is 17.4 Å². The number of hydrogen-bond donors (Lipinski definition) is 1. The maximum absolute atomic E-state index is 13.2. The van der Waals surface area contributed by atoms with E-state index < -0.39 is 9.84 Å². The SMILES string of the molecule is CS(=O)(=O)c1cncc(-c2ccc3c(n2)N(C(=O)Nc2ccccn2)[C@H]2CCN3C2)c1. The quantitative estimate of drug-likeness (QED) is 0.672. The molecule has 3 aromatic rings. The zero-order valence-corrected chi connectivity index (χ0v) is 17.6. The summed E-state index contributed by atoms with van der Waals surface area (Å²) in [5.41, 5.74) is 2.00. The average Bonchev–Trinajstić information content (AvgIpc) is 3.18. The Morgan fingerprint density at radius 1 is 1.19 bits per heavy atom. The summed E-state index contributed by atoms with van der Waals surface area (Å²) in [5.74, 6) is 1.01. The summed E-state index contributed by atoms with van der Waals surface area (Å²) in [4.78, 5) is 30.2. The van der Waals surface area contributed by atoms with Gasteiger partial charge >= 0.3 is 6.03 Å². The molecule has 1 N–H and O–H groups in total. The summed E-state index contributed by atoms with van der Waals surface area (Å²) in [6.07, 6.45) is 6.49. The molecular weight excluding hydrogens is 416 g/mol. The number of pyridine rings is 3. The van der Waals surface area contributed by atoms with Gasteiger partial charge in [-0.15, -0.1) is 0 Å². The summed E-state index contributed by atoms with van der Waals surface area (Å²) < 4.78 is 23.8. The molecule has 0 saturated carbocycles. The normalized spacial score (nSPS) is 17.4. The van der Waals surface area contributed by atoms with Gasteiger partial charge in [-0.2, -0.15) is 0 Å². The van der Waals surface area contributed by atoms with E-state index in [1.807, 2.05) is 18.2 Å². The van der Waals surface area contributed by atoms with Crippen molar-refractivity contribution in [1.82, 2.24) is 15.0 Å². The number of anilines is 3. The van der Waals surface area contributed by atoms with Crippen molar-refractivity contribution >= 4 is 33.2 Å². The number of sulfone groups is 1. The van der Waals surface area contributed by atoms with Gasteiger partial charge < -0.3 is 4.90 Å². The lowest BCUT2D eigenvalue weighted by atomic mass is 10.1. The molecule has 2 bridgehead atoms. The number of nitrogens with zero attached hydrogens (tertiary/aromatic N) is 5. The first-order chi connectivity index (χ1) is 14.9. The molecule has 5 rings (SSSR count). The summed E-state index contributed by atoms with van der Waals surface area (Å²) in [6.45, 7) is 1.59. The molecule has 31 heavy (non-hydrogen) atoms. The molecule has 1 fully saturated rings. The minimum Gasteiger partial charge on any atom is -0.366 e. The van der Waals surface area contributed by atoms with Crippen molar-refractivity contribution in [3.8, 4) is 11.3 Å². The van der Waals surface area contributed by atoms with E-state index in [1.54, 1.807) is 35.5 Å². The van der Waals surface area contributed by atoms with Crippen molar-refractivity contribution in [1.29, 1.82) is 0 Å². The van der Waals surface area contributed by atoms with Crippen LogP contribution in [0.15, 0.2) is 59.9 Å². The molecule has 0 aliphatic carbocycles. The fraction of sp³-hybridized carbons (Fsp3) is 0.238. The number of rotatable bonds is 3. The van der Waals surface area contributed by atoms with E-state index in [1.165, 1.54) is 6.20 Å². The van der Waals surface area contributed by atoms with Gasteiger partial charge in [0, 0.05) is 43.5 Å². The fourth-order valence-electron chi connectivity index (χ4n) is 4.00. The Morgan fingerprint density at radius 2 is 2.06 bits per heavy atom. The van der Waals surface area contributed by atoms with Crippen LogP contribution in [0, 0.1) is 0 Å². The molecular formula is C21H20N6O3S. The van der Waals surface area contributed by atoms with E-state index in [0.29, 0.717) is 22.9 Å². The Kier molecular flexibility index (Phi) is 4.58. The third-order valence-corrected chi connectivity index (χ3v) is 6.59. The standard InChI is InChI=1S/C21H20N6O3S/c1-31(29,30)16-10-14(11-22-12-16)17-5-6-18-20(24-17)27(15-7-9-26(18)13-15)21(28)25-19-4-2-3-8-23-19/h2-6,8,10-12,15H,7,9,13H2,1H3,(H,23,25,28)/t15-/m0/s1. The molecule has 9 nitrogen and oxygen atoms in total. The Labute approximate surface area is 179 Å². The van der Waals surface area contributed by atoms with Crippen LogP contribution in [0.3, 0.4) is 0 Å². The molecule has 0 unspecified atom stereocenters.